The van der Waals surface area contributed by atoms with E-state index >= 15 is 0 Å². The fraction of sp³-hybridized carbons (Fsp3) is 0.188. The summed E-state index contributed by atoms with van der Waals surface area (Å²) in [7, 11) is 0. The van der Waals surface area contributed by atoms with Crippen molar-refractivity contribution in [3.05, 3.63) is 48.2 Å². The Kier molecular flexibility index (Phi) is 3.62. The number of anilines is 2. The van der Waals surface area contributed by atoms with E-state index in [1.165, 1.54) is 11.8 Å². The number of benzene rings is 1. The highest BCUT2D eigenvalue weighted by Gasteiger charge is 2.45. The molecule has 1 aliphatic rings. The lowest BCUT2D eigenvalue weighted by atomic mass is 10.1. The molecule has 2 N–H and O–H groups in total. The van der Waals surface area contributed by atoms with Crippen LogP contribution in [0.5, 0.6) is 0 Å². The first-order valence-corrected chi connectivity index (χ1v) is 7.65. The van der Waals surface area contributed by atoms with Crippen molar-refractivity contribution in [3.8, 4) is 0 Å². The predicted octanol–water partition coefficient (Wildman–Crippen LogP) is 2.83. The van der Waals surface area contributed by atoms with Crippen molar-refractivity contribution in [1.29, 1.82) is 0 Å². The highest BCUT2D eigenvalue weighted by Crippen LogP contribution is 2.42. The molecule has 0 unspecified atom stereocenters. The Morgan fingerprint density at radius 2 is 2.00 bits per heavy atom. The zero-order chi connectivity index (χ0) is 15.7. The monoisotopic (exact) mass is 313 g/mol. The molecule has 0 spiro atoms. The average Bonchev–Trinajstić information content (AvgIpc) is 2.48. The molecule has 0 fully saturated rings. The van der Waals surface area contributed by atoms with Crippen LogP contribution in [0, 0.1) is 6.92 Å². The Morgan fingerprint density at radius 1 is 1.23 bits per heavy atom. The number of pyridine rings is 1. The number of aryl methyl sites for hydroxylation is 1. The number of hydrogen-bond donors (Lipinski definition) is 2. The number of aromatic nitrogens is 1. The normalized spacial score (nSPS) is 20.0. The maximum Gasteiger partial charge on any atom is 0.251 e. The Bertz CT molecular complexity index is 763. The van der Waals surface area contributed by atoms with Gasteiger partial charge in [0.05, 0.1) is 5.69 Å². The number of fused-ring (bicyclic) bond motifs is 1. The molecular formula is C16H15N3O2S. The van der Waals surface area contributed by atoms with Crippen LogP contribution in [-0.2, 0) is 9.59 Å². The molecule has 2 aromatic rings. The molecule has 1 aromatic carbocycles. The van der Waals surface area contributed by atoms with Crippen molar-refractivity contribution in [3.63, 3.8) is 0 Å². The number of amides is 2. The molecule has 3 rings (SSSR count). The van der Waals surface area contributed by atoms with Crippen LogP contribution >= 0.6 is 11.8 Å². The number of carbonyl (C=O) groups excluding carboxylic acids is 2. The summed E-state index contributed by atoms with van der Waals surface area (Å²) in [5, 5.41) is 5.51. The van der Waals surface area contributed by atoms with Gasteiger partial charge in [-0.1, -0.05) is 30.0 Å². The van der Waals surface area contributed by atoms with E-state index in [-0.39, 0.29) is 11.8 Å². The van der Waals surface area contributed by atoms with Crippen LogP contribution in [0.15, 0.2) is 47.4 Å². The van der Waals surface area contributed by atoms with Gasteiger partial charge in [-0.3, -0.25) is 9.59 Å². The lowest BCUT2D eigenvalue weighted by Gasteiger charge is -2.31. The summed E-state index contributed by atoms with van der Waals surface area (Å²) in [4.78, 5) is 30.1. The molecule has 0 radical (unpaired) electrons. The summed E-state index contributed by atoms with van der Waals surface area (Å²) in [6.45, 7) is 3.46. The summed E-state index contributed by atoms with van der Waals surface area (Å²) < 4.78 is -1.24. The third kappa shape index (κ3) is 2.57. The van der Waals surface area contributed by atoms with Gasteiger partial charge in [0.2, 0.25) is 5.91 Å². The standard InChI is InChI=1S/C16H15N3O2S/c1-10-6-5-9-13(17-10)19-15(21)16(2)14(20)18-11-7-3-4-8-12(11)22-16/h3-9H,1-2H3,(H,18,20)(H,17,19,21)/t16-/m0/s1. The molecule has 0 saturated heterocycles. The van der Waals surface area contributed by atoms with Gasteiger partial charge in [0.15, 0.2) is 4.75 Å². The van der Waals surface area contributed by atoms with Crippen molar-refractivity contribution in [2.24, 2.45) is 0 Å². The molecule has 5 nitrogen and oxygen atoms in total. The van der Waals surface area contributed by atoms with Crippen LogP contribution in [0.1, 0.15) is 12.6 Å². The summed E-state index contributed by atoms with van der Waals surface area (Å²) in [6, 6.07) is 12.8. The van der Waals surface area contributed by atoms with Crippen LogP contribution < -0.4 is 10.6 Å². The van der Waals surface area contributed by atoms with E-state index in [4.69, 9.17) is 0 Å². The second kappa shape index (κ2) is 5.46. The second-order valence-electron chi connectivity index (χ2n) is 5.20. The van der Waals surface area contributed by atoms with Gasteiger partial charge in [-0.05, 0) is 38.1 Å². The number of nitrogens with one attached hydrogen (secondary N) is 2. The lowest BCUT2D eigenvalue weighted by Crippen LogP contribution is -2.49. The third-order valence-corrected chi connectivity index (χ3v) is 4.80. The summed E-state index contributed by atoms with van der Waals surface area (Å²) in [5.41, 5.74) is 1.53. The molecule has 2 heterocycles. The van der Waals surface area contributed by atoms with Crippen molar-refractivity contribution in [2.45, 2.75) is 23.5 Å². The van der Waals surface area contributed by atoms with Gasteiger partial charge in [0.25, 0.3) is 5.91 Å². The van der Waals surface area contributed by atoms with E-state index in [0.29, 0.717) is 5.82 Å². The van der Waals surface area contributed by atoms with E-state index in [1.807, 2.05) is 43.3 Å². The highest BCUT2D eigenvalue weighted by molar-refractivity contribution is 8.02. The second-order valence-corrected chi connectivity index (χ2v) is 6.66. The smallest absolute Gasteiger partial charge is 0.251 e. The van der Waals surface area contributed by atoms with Crippen LogP contribution in [0.3, 0.4) is 0 Å². The van der Waals surface area contributed by atoms with E-state index in [9.17, 15) is 9.59 Å². The highest BCUT2D eigenvalue weighted by atomic mass is 32.2. The van der Waals surface area contributed by atoms with Gasteiger partial charge in [-0.25, -0.2) is 4.98 Å². The minimum atomic E-state index is -1.24. The average molecular weight is 313 g/mol. The number of nitrogens with zero attached hydrogens (tertiary/aromatic N) is 1. The zero-order valence-electron chi connectivity index (χ0n) is 12.2. The molecule has 6 heteroatoms. The molecular weight excluding hydrogens is 298 g/mol. The molecule has 1 aromatic heterocycles. The molecule has 1 atom stereocenters. The first-order valence-electron chi connectivity index (χ1n) is 6.84. The van der Waals surface area contributed by atoms with Gasteiger partial charge >= 0.3 is 0 Å². The predicted molar refractivity (Wildman–Crippen MR) is 86.9 cm³/mol. The fourth-order valence-electron chi connectivity index (χ4n) is 2.16. The van der Waals surface area contributed by atoms with Crippen molar-refractivity contribution >= 4 is 35.1 Å². The van der Waals surface area contributed by atoms with Gasteiger partial charge in [-0.15, -0.1) is 0 Å². The Balaban J connectivity index is 1.87. The van der Waals surface area contributed by atoms with Gasteiger partial charge in [-0.2, -0.15) is 0 Å². The quantitative estimate of drug-likeness (QED) is 0.836. The van der Waals surface area contributed by atoms with Crippen LogP contribution in [0.2, 0.25) is 0 Å². The molecule has 0 saturated carbocycles. The summed E-state index contributed by atoms with van der Waals surface area (Å²) in [5.74, 6) is -0.276. The minimum absolute atomic E-state index is 0.332. The van der Waals surface area contributed by atoms with Gasteiger partial charge < -0.3 is 10.6 Å². The van der Waals surface area contributed by atoms with Crippen LogP contribution in [0.25, 0.3) is 0 Å². The minimum Gasteiger partial charge on any atom is -0.323 e. The molecule has 22 heavy (non-hydrogen) atoms. The largest absolute Gasteiger partial charge is 0.323 e. The first kappa shape index (κ1) is 14.6. The van der Waals surface area contributed by atoms with Gasteiger partial charge in [0.1, 0.15) is 5.82 Å². The van der Waals surface area contributed by atoms with Crippen LogP contribution in [-0.4, -0.2) is 21.5 Å². The Labute approximate surface area is 132 Å². The summed E-state index contributed by atoms with van der Waals surface area (Å²) in [6.07, 6.45) is 0. The SMILES string of the molecule is Cc1cccc(NC(=O)[C@@]2(C)Sc3ccccc3NC2=O)n1. The van der Waals surface area contributed by atoms with Crippen molar-refractivity contribution < 1.29 is 9.59 Å². The molecule has 112 valence electrons. The zero-order valence-corrected chi connectivity index (χ0v) is 13.0. The van der Waals surface area contributed by atoms with Crippen molar-refractivity contribution in [1.82, 2.24) is 4.98 Å². The Morgan fingerprint density at radius 3 is 2.77 bits per heavy atom. The number of carbonyl (C=O) groups is 2. The third-order valence-electron chi connectivity index (χ3n) is 3.45. The van der Waals surface area contributed by atoms with E-state index in [2.05, 4.69) is 15.6 Å². The van der Waals surface area contributed by atoms with Crippen LogP contribution in [0.4, 0.5) is 11.5 Å². The molecule has 0 bridgehead atoms. The van der Waals surface area contributed by atoms with Gasteiger partial charge in [0, 0.05) is 10.6 Å². The van der Waals surface area contributed by atoms with Crippen molar-refractivity contribution in [2.75, 3.05) is 10.6 Å². The lowest BCUT2D eigenvalue weighted by molar-refractivity contribution is -0.126. The van der Waals surface area contributed by atoms with E-state index < -0.39 is 4.75 Å². The molecule has 0 aliphatic carbocycles. The van der Waals surface area contributed by atoms with E-state index in [1.54, 1.807) is 13.0 Å². The topological polar surface area (TPSA) is 71.1 Å². The number of rotatable bonds is 2. The molecule has 1 aliphatic heterocycles. The maximum absolute atomic E-state index is 12.6. The maximum atomic E-state index is 12.6. The first-order chi connectivity index (χ1) is 10.5. The number of hydrogen-bond acceptors (Lipinski definition) is 4. The fourth-order valence-corrected chi connectivity index (χ4v) is 3.27. The number of thioether (sulfide) groups is 1. The number of para-hydroxylation sites is 1. The Hall–Kier alpha value is -2.34. The van der Waals surface area contributed by atoms with E-state index in [0.717, 1.165) is 16.3 Å². The summed E-state index contributed by atoms with van der Waals surface area (Å²) >= 11 is 1.25. The molecule has 2 amide bonds.